The maximum atomic E-state index is 11.7. The molecule has 0 saturated heterocycles. The summed E-state index contributed by atoms with van der Waals surface area (Å²) in [5, 5.41) is 12.7. The normalized spacial score (nSPS) is 11.1. The first-order chi connectivity index (χ1) is 8.65. The van der Waals surface area contributed by atoms with Crippen LogP contribution in [0.25, 0.3) is 15.3 Å². The van der Waals surface area contributed by atoms with Crippen LogP contribution in [0, 0.1) is 0 Å². The van der Waals surface area contributed by atoms with Gasteiger partial charge in [-0.25, -0.2) is 4.98 Å². The largest absolute Gasteiger partial charge is 0.480 e. The van der Waals surface area contributed by atoms with Gasteiger partial charge in [0.25, 0.3) is 5.91 Å². The molecule has 0 unspecified atom stereocenters. The first-order valence-electron chi connectivity index (χ1n) is 5.00. The third kappa shape index (κ3) is 1.75. The molecule has 0 aliphatic rings. The minimum Gasteiger partial charge on any atom is -0.480 e. The van der Waals surface area contributed by atoms with Gasteiger partial charge in [0, 0.05) is 11.6 Å². The van der Waals surface area contributed by atoms with Crippen molar-refractivity contribution in [2.45, 2.75) is 0 Å². The zero-order valence-electron chi connectivity index (χ0n) is 8.91. The van der Waals surface area contributed by atoms with E-state index in [-0.39, 0.29) is 12.5 Å². The number of carbonyl (C=O) groups is 2. The maximum Gasteiger partial charge on any atom is 0.322 e. The van der Waals surface area contributed by atoms with Crippen LogP contribution in [0.1, 0.15) is 9.67 Å². The topological polar surface area (TPSA) is 83.7 Å². The highest BCUT2D eigenvalue weighted by Gasteiger charge is 2.15. The summed E-state index contributed by atoms with van der Waals surface area (Å²) in [5.74, 6) is -1.45. The molecular weight excluding hydrogens is 274 g/mol. The van der Waals surface area contributed by atoms with Crippen molar-refractivity contribution in [2.24, 2.45) is 0 Å². The number of amides is 1. The number of aliphatic carboxylic acids is 1. The summed E-state index contributed by atoms with van der Waals surface area (Å²) in [6, 6.07) is 1.73. The summed E-state index contributed by atoms with van der Waals surface area (Å²) < 4.78 is 1.91. The lowest BCUT2D eigenvalue weighted by atomic mass is 10.4. The fourth-order valence-electron chi connectivity index (χ4n) is 1.60. The molecule has 0 aromatic carbocycles. The van der Waals surface area contributed by atoms with Gasteiger partial charge >= 0.3 is 5.97 Å². The van der Waals surface area contributed by atoms with E-state index in [4.69, 9.17) is 5.11 Å². The van der Waals surface area contributed by atoms with E-state index in [9.17, 15) is 9.59 Å². The number of carboxylic acids is 1. The van der Waals surface area contributed by atoms with Crippen molar-refractivity contribution in [2.75, 3.05) is 6.54 Å². The fraction of sp³-hybridized carbons (Fsp3) is 0.100. The average Bonchev–Trinajstić information content (AvgIpc) is 2.95. The summed E-state index contributed by atoms with van der Waals surface area (Å²) in [4.78, 5) is 28.6. The number of rotatable bonds is 3. The minimum atomic E-state index is -1.06. The van der Waals surface area contributed by atoms with Crippen LogP contribution in [0.5, 0.6) is 0 Å². The lowest BCUT2D eigenvalue weighted by Gasteiger charge is -1.97. The first-order valence-corrected chi connectivity index (χ1v) is 6.70. The Morgan fingerprint density at radius 3 is 3.11 bits per heavy atom. The zero-order chi connectivity index (χ0) is 12.7. The van der Waals surface area contributed by atoms with Gasteiger partial charge in [-0.15, -0.1) is 22.7 Å². The number of hydrogen-bond donors (Lipinski definition) is 2. The van der Waals surface area contributed by atoms with Gasteiger partial charge in [-0.05, 0) is 6.07 Å². The van der Waals surface area contributed by atoms with E-state index in [1.807, 2.05) is 16.0 Å². The van der Waals surface area contributed by atoms with Crippen LogP contribution < -0.4 is 5.32 Å². The summed E-state index contributed by atoms with van der Waals surface area (Å²) in [6.07, 6.45) is 1.89. The van der Waals surface area contributed by atoms with Gasteiger partial charge in [-0.2, -0.15) is 0 Å². The Bertz CT molecular complexity index is 755. The highest BCUT2D eigenvalue weighted by Crippen LogP contribution is 2.27. The number of fused-ring (bicyclic) bond motifs is 3. The Hall–Kier alpha value is -1.93. The molecule has 6 nitrogen and oxygen atoms in total. The number of nitrogens with one attached hydrogen (secondary N) is 1. The van der Waals surface area contributed by atoms with E-state index < -0.39 is 5.97 Å². The highest BCUT2D eigenvalue weighted by atomic mass is 32.1. The van der Waals surface area contributed by atoms with E-state index in [2.05, 4.69) is 10.3 Å². The van der Waals surface area contributed by atoms with E-state index in [0.717, 1.165) is 15.3 Å². The molecular formula is C10H7N3O3S2. The SMILES string of the molecule is O=C(O)CNC(=O)c1cc2c(nc3sccn32)s1. The molecule has 3 heterocycles. The van der Waals surface area contributed by atoms with Crippen LogP contribution in [0.4, 0.5) is 0 Å². The van der Waals surface area contributed by atoms with Crippen LogP contribution >= 0.6 is 22.7 Å². The van der Waals surface area contributed by atoms with Crippen molar-refractivity contribution < 1.29 is 14.7 Å². The second kappa shape index (κ2) is 4.07. The standard InChI is InChI=1S/C10H7N3O3S2/c14-7(15)4-11-8(16)6-3-5-9(18-6)12-10-13(5)1-2-17-10/h1-3H,4H2,(H,11,16)(H,14,15). The molecule has 0 atom stereocenters. The predicted octanol–water partition coefficient (Wildman–Crippen LogP) is 1.42. The molecule has 3 aromatic heterocycles. The molecule has 3 aromatic rings. The van der Waals surface area contributed by atoms with Gasteiger partial charge in [0.05, 0.1) is 10.4 Å². The number of imidazole rings is 1. The smallest absolute Gasteiger partial charge is 0.322 e. The Morgan fingerprint density at radius 1 is 1.50 bits per heavy atom. The molecule has 92 valence electrons. The van der Waals surface area contributed by atoms with Crippen molar-refractivity contribution in [3.8, 4) is 0 Å². The predicted molar refractivity (Wildman–Crippen MR) is 68.4 cm³/mol. The number of aromatic nitrogens is 2. The highest BCUT2D eigenvalue weighted by molar-refractivity contribution is 7.21. The quantitative estimate of drug-likeness (QED) is 0.760. The molecule has 1 amide bonds. The van der Waals surface area contributed by atoms with Gasteiger partial charge in [0.15, 0.2) is 4.96 Å². The van der Waals surface area contributed by atoms with Crippen LogP contribution in [0.3, 0.4) is 0 Å². The van der Waals surface area contributed by atoms with E-state index >= 15 is 0 Å². The summed E-state index contributed by atoms with van der Waals surface area (Å²) in [7, 11) is 0. The monoisotopic (exact) mass is 281 g/mol. The Balaban J connectivity index is 1.95. The second-order valence-corrected chi connectivity index (χ2v) is 5.45. The number of carbonyl (C=O) groups excluding carboxylic acids is 1. The van der Waals surface area contributed by atoms with Crippen molar-refractivity contribution in [3.05, 3.63) is 22.5 Å². The third-order valence-corrected chi connectivity index (χ3v) is 4.14. The third-order valence-electron chi connectivity index (χ3n) is 2.36. The summed E-state index contributed by atoms with van der Waals surface area (Å²) >= 11 is 2.78. The van der Waals surface area contributed by atoms with E-state index in [1.165, 1.54) is 22.7 Å². The Labute approximate surface area is 108 Å². The van der Waals surface area contributed by atoms with Crippen LogP contribution in [-0.2, 0) is 4.79 Å². The average molecular weight is 281 g/mol. The number of carboxylic acid groups (broad SMARTS) is 1. The lowest BCUT2D eigenvalue weighted by Crippen LogP contribution is -2.28. The van der Waals surface area contributed by atoms with Crippen molar-refractivity contribution >= 4 is 49.9 Å². The van der Waals surface area contributed by atoms with Gasteiger partial charge in [0.1, 0.15) is 11.4 Å². The summed E-state index contributed by atoms with van der Waals surface area (Å²) in [6.45, 7) is -0.380. The molecule has 0 radical (unpaired) electrons. The maximum absolute atomic E-state index is 11.7. The van der Waals surface area contributed by atoms with E-state index in [0.29, 0.717) is 4.88 Å². The second-order valence-electron chi connectivity index (χ2n) is 3.54. The van der Waals surface area contributed by atoms with Crippen LogP contribution in [-0.4, -0.2) is 32.9 Å². The van der Waals surface area contributed by atoms with Gasteiger partial charge in [0.2, 0.25) is 0 Å². The molecule has 0 bridgehead atoms. The van der Waals surface area contributed by atoms with Crippen LogP contribution in [0.2, 0.25) is 0 Å². The Morgan fingerprint density at radius 2 is 2.33 bits per heavy atom. The van der Waals surface area contributed by atoms with Gasteiger partial charge in [-0.3, -0.25) is 14.0 Å². The molecule has 18 heavy (non-hydrogen) atoms. The fourth-order valence-corrected chi connectivity index (χ4v) is 3.32. The molecule has 0 fully saturated rings. The number of thiazole rings is 1. The Kier molecular flexibility index (Phi) is 2.53. The number of thiophene rings is 1. The lowest BCUT2D eigenvalue weighted by molar-refractivity contribution is -0.135. The minimum absolute atomic E-state index is 0.380. The van der Waals surface area contributed by atoms with E-state index in [1.54, 1.807) is 6.07 Å². The van der Waals surface area contributed by atoms with Crippen LogP contribution in [0.15, 0.2) is 17.6 Å². The van der Waals surface area contributed by atoms with Gasteiger partial charge < -0.3 is 10.4 Å². The van der Waals surface area contributed by atoms with Gasteiger partial charge in [-0.1, -0.05) is 0 Å². The molecule has 0 saturated carbocycles. The molecule has 2 N–H and O–H groups in total. The summed E-state index contributed by atoms with van der Waals surface area (Å²) in [5.41, 5.74) is 0.872. The number of hydrogen-bond acceptors (Lipinski definition) is 5. The van der Waals surface area contributed by atoms with Crippen molar-refractivity contribution in [1.29, 1.82) is 0 Å². The molecule has 0 aliphatic carbocycles. The molecule has 0 spiro atoms. The first kappa shape index (κ1) is 11.2. The molecule has 0 aliphatic heterocycles. The number of nitrogens with zero attached hydrogens (tertiary/aromatic N) is 2. The molecule has 3 rings (SSSR count). The van der Waals surface area contributed by atoms with Crippen molar-refractivity contribution in [1.82, 2.24) is 14.7 Å². The molecule has 8 heteroatoms. The van der Waals surface area contributed by atoms with Crippen molar-refractivity contribution in [3.63, 3.8) is 0 Å². The zero-order valence-corrected chi connectivity index (χ0v) is 10.5.